The molecule has 24 heavy (non-hydrogen) atoms. The van der Waals surface area contributed by atoms with Gasteiger partial charge in [0.05, 0.1) is 4.88 Å². The Morgan fingerprint density at radius 1 is 1.04 bits per heavy atom. The van der Waals surface area contributed by atoms with E-state index in [0.717, 1.165) is 42.1 Å². The van der Waals surface area contributed by atoms with Gasteiger partial charge in [-0.15, -0.1) is 11.3 Å². The standard InChI is InChI=1S/C20H19NO2S/c22-20(21-9-3-4-10-21)19-11-15(14-24-19)13-23-18-8-7-16-5-1-2-6-17(16)12-18/h1-2,5-8,11-12,14H,3-4,9-10,13H2. The number of likely N-dealkylation sites (tertiary alicyclic amines) is 1. The highest BCUT2D eigenvalue weighted by molar-refractivity contribution is 7.12. The lowest BCUT2D eigenvalue weighted by Crippen LogP contribution is -2.26. The van der Waals surface area contributed by atoms with Crippen LogP contribution in [0.2, 0.25) is 0 Å². The van der Waals surface area contributed by atoms with Crippen molar-refractivity contribution in [3.8, 4) is 5.75 Å². The minimum Gasteiger partial charge on any atom is -0.489 e. The van der Waals surface area contributed by atoms with Crippen LogP contribution in [-0.2, 0) is 6.61 Å². The Kier molecular flexibility index (Phi) is 4.22. The van der Waals surface area contributed by atoms with Gasteiger partial charge in [0.1, 0.15) is 12.4 Å². The van der Waals surface area contributed by atoms with E-state index in [4.69, 9.17) is 4.74 Å². The molecule has 122 valence electrons. The lowest BCUT2D eigenvalue weighted by Gasteiger charge is -2.13. The Morgan fingerprint density at radius 3 is 2.67 bits per heavy atom. The maximum atomic E-state index is 12.4. The molecule has 1 saturated heterocycles. The molecule has 0 aliphatic carbocycles. The second-order valence-electron chi connectivity index (χ2n) is 6.12. The Labute approximate surface area is 145 Å². The van der Waals surface area contributed by atoms with Gasteiger partial charge in [-0.3, -0.25) is 4.79 Å². The molecule has 0 bridgehead atoms. The molecule has 1 amide bonds. The minimum atomic E-state index is 0.162. The number of hydrogen-bond donors (Lipinski definition) is 0. The summed E-state index contributed by atoms with van der Waals surface area (Å²) in [7, 11) is 0. The van der Waals surface area contributed by atoms with Crippen LogP contribution in [-0.4, -0.2) is 23.9 Å². The van der Waals surface area contributed by atoms with Crippen molar-refractivity contribution in [3.05, 3.63) is 64.4 Å². The molecule has 2 heterocycles. The molecule has 0 radical (unpaired) electrons. The van der Waals surface area contributed by atoms with Gasteiger partial charge in [-0.25, -0.2) is 0 Å². The number of rotatable bonds is 4. The summed E-state index contributed by atoms with van der Waals surface area (Å²) in [6.07, 6.45) is 2.24. The number of amides is 1. The van der Waals surface area contributed by atoms with Crippen molar-refractivity contribution in [1.29, 1.82) is 0 Å². The van der Waals surface area contributed by atoms with Gasteiger partial charge in [0.2, 0.25) is 0 Å². The molecule has 4 heteroatoms. The molecule has 2 aromatic carbocycles. The summed E-state index contributed by atoms with van der Waals surface area (Å²) in [5.41, 5.74) is 1.05. The van der Waals surface area contributed by atoms with Gasteiger partial charge in [-0.2, -0.15) is 0 Å². The zero-order valence-corrected chi connectivity index (χ0v) is 14.2. The number of fused-ring (bicyclic) bond motifs is 1. The number of nitrogens with zero attached hydrogens (tertiary/aromatic N) is 1. The van der Waals surface area contributed by atoms with E-state index in [9.17, 15) is 4.79 Å². The lowest BCUT2D eigenvalue weighted by atomic mass is 10.1. The largest absolute Gasteiger partial charge is 0.489 e. The molecule has 0 spiro atoms. The fourth-order valence-electron chi connectivity index (χ4n) is 3.06. The highest BCUT2D eigenvalue weighted by Crippen LogP contribution is 2.23. The predicted octanol–water partition coefficient (Wildman–Crippen LogP) is 4.72. The number of thiophene rings is 1. The normalized spacial score (nSPS) is 14.2. The summed E-state index contributed by atoms with van der Waals surface area (Å²) in [6, 6.07) is 16.3. The van der Waals surface area contributed by atoms with Gasteiger partial charge in [-0.05, 0) is 47.2 Å². The minimum absolute atomic E-state index is 0.162. The van der Waals surface area contributed by atoms with E-state index >= 15 is 0 Å². The first-order valence-corrected chi connectivity index (χ1v) is 9.16. The van der Waals surface area contributed by atoms with Crippen LogP contribution < -0.4 is 4.74 Å². The van der Waals surface area contributed by atoms with Gasteiger partial charge in [0, 0.05) is 18.7 Å². The smallest absolute Gasteiger partial charge is 0.263 e. The Balaban J connectivity index is 1.42. The molecule has 1 aliphatic heterocycles. The summed E-state index contributed by atoms with van der Waals surface area (Å²) in [5, 5.41) is 4.40. The molecule has 3 aromatic rings. The first-order chi connectivity index (χ1) is 11.8. The number of benzene rings is 2. The van der Waals surface area contributed by atoms with E-state index in [1.165, 1.54) is 22.1 Å². The summed E-state index contributed by atoms with van der Waals surface area (Å²) in [6.45, 7) is 2.27. The highest BCUT2D eigenvalue weighted by Gasteiger charge is 2.20. The molecule has 1 fully saturated rings. The topological polar surface area (TPSA) is 29.5 Å². The molecule has 0 atom stereocenters. The number of hydrogen-bond acceptors (Lipinski definition) is 3. The first kappa shape index (κ1) is 15.2. The van der Waals surface area contributed by atoms with Gasteiger partial charge >= 0.3 is 0 Å². The fourth-order valence-corrected chi connectivity index (χ4v) is 3.93. The van der Waals surface area contributed by atoms with Gasteiger partial charge < -0.3 is 9.64 Å². The summed E-state index contributed by atoms with van der Waals surface area (Å²) in [4.78, 5) is 15.1. The molecule has 1 aliphatic rings. The average molecular weight is 337 g/mol. The Hall–Kier alpha value is -2.33. The van der Waals surface area contributed by atoms with E-state index in [0.29, 0.717) is 6.61 Å². The van der Waals surface area contributed by atoms with Crippen LogP contribution in [0.15, 0.2) is 53.9 Å². The second kappa shape index (κ2) is 6.65. The molecule has 0 N–H and O–H groups in total. The van der Waals surface area contributed by atoms with Crippen molar-refractivity contribution in [2.24, 2.45) is 0 Å². The van der Waals surface area contributed by atoms with Crippen molar-refractivity contribution in [2.75, 3.05) is 13.1 Å². The summed E-state index contributed by atoms with van der Waals surface area (Å²) < 4.78 is 5.90. The number of carbonyl (C=O) groups excluding carboxylic acids is 1. The third-order valence-electron chi connectivity index (χ3n) is 4.38. The van der Waals surface area contributed by atoms with Crippen LogP contribution in [0.5, 0.6) is 5.75 Å². The quantitative estimate of drug-likeness (QED) is 0.689. The van der Waals surface area contributed by atoms with Crippen LogP contribution in [0.3, 0.4) is 0 Å². The third kappa shape index (κ3) is 3.15. The first-order valence-electron chi connectivity index (χ1n) is 8.28. The van der Waals surface area contributed by atoms with Crippen LogP contribution in [0, 0.1) is 0 Å². The van der Waals surface area contributed by atoms with Crippen molar-refractivity contribution in [1.82, 2.24) is 4.90 Å². The van der Waals surface area contributed by atoms with Crippen LogP contribution in [0.25, 0.3) is 10.8 Å². The second-order valence-corrected chi connectivity index (χ2v) is 7.03. The molecule has 1 aromatic heterocycles. The maximum Gasteiger partial charge on any atom is 0.263 e. The number of carbonyl (C=O) groups is 1. The van der Waals surface area contributed by atoms with Gasteiger partial charge in [-0.1, -0.05) is 30.3 Å². The van der Waals surface area contributed by atoms with E-state index in [1.54, 1.807) is 0 Å². The third-order valence-corrected chi connectivity index (χ3v) is 5.35. The fraction of sp³-hybridized carbons (Fsp3) is 0.250. The summed E-state index contributed by atoms with van der Waals surface area (Å²) >= 11 is 1.51. The van der Waals surface area contributed by atoms with Gasteiger partial charge in [0.15, 0.2) is 0 Å². The summed E-state index contributed by atoms with van der Waals surface area (Å²) in [5.74, 6) is 1.02. The van der Waals surface area contributed by atoms with Crippen LogP contribution in [0.1, 0.15) is 28.1 Å². The van der Waals surface area contributed by atoms with E-state index in [-0.39, 0.29) is 5.91 Å². The van der Waals surface area contributed by atoms with Crippen molar-refractivity contribution in [2.45, 2.75) is 19.4 Å². The van der Waals surface area contributed by atoms with E-state index < -0.39 is 0 Å². The molecular formula is C20H19NO2S. The van der Waals surface area contributed by atoms with Crippen molar-refractivity contribution >= 4 is 28.0 Å². The van der Waals surface area contributed by atoms with E-state index in [1.807, 2.05) is 34.5 Å². The zero-order valence-electron chi connectivity index (χ0n) is 13.4. The highest BCUT2D eigenvalue weighted by atomic mass is 32.1. The van der Waals surface area contributed by atoms with Crippen molar-refractivity contribution in [3.63, 3.8) is 0 Å². The Bertz CT molecular complexity index is 865. The average Bonchev–Trinajstić information content (AvgIpc) is 3.31. The molecule has 0 saturated carbocycles. The van der Waals surface area contributed by atoms with Crippen molar-refractivity contribution < 1.29 is 9.53 Å². The monoisotopic (exact) mass is 337 g/mol. The van der Waals surface area contributed by atoms with E-state index in [2.05, 4.69) is 24.3 Å². The maximum absolute atomic E-state index is 12.4. The SMILES string of the molecule is O=C(c1cc(COc2ccc3ccccc3c2)cs1)N1CCCC1. The predicted molar refractivity (Wildman–Crippen MR) is 97.7 cm³/mol. The van der Waals surface area contributed by atoms with Crippen LogP contribution >= 0.6 is 11.3 Å². The zero-order chi connectivity index (χ0) is 16.4. The lowest BCUT2D eigenvalue weighted by molar-refractivity contribution is 0.0797. The molecular weight excluding hydrogens is 318 g/mol. The molecule has 4 rings (SSSR count). The number of ether oxygens (including phenoxy) is 1. The molecule has 3 nitrogen and oxygen atoms in total. The van der Waals surface area contributed by atoms with Gasteiger partial charge in [0.25, 0.3) is 5.91 Å². The van der Waals surface area contributed by atoms with Crippen LogP contribution in [0.4, 0.5) is 0 Å². The Morgan fingerprint density at radius 2 is 1.83 bits per heavy atom. The molecule has 0 unspecified atom stereocenters.